The zero-order valence-electron chi connectivity index (χ0n) is 10.6. The maximum Gasteiger partial charge on any atom is 0.180 e. The Labute approximate surface area is 113 Å². The molecule has 3 N–H and O–H groups in total. The zero-order valence-corrected chi connectivity index (χ0v) is 11.4. The summed E-state index contributed by atoms with van der Waals surface area (Å²) in [5.74, 6) is 0.0768. The van der Waals surface area contributed by atoms with Crippen molar-refractivity contribution in [1.82, 2.24) is 0 Å². The second-order valence-corrected chi connectivity index (χ2v) is 6.39. The Morgan fingerprint density at radius 3 is 2.32 bits per heavy atom. The van der Waals surface area contributed by atoms with E-state index in [1.807, 2.05) is 12.1 Å². The van der Waals surface area contributed by atoms with Crippen LogP contribution in [0.15, 0.2) is 53.4 Å². The average Bonchev–Trinajstić information content (AvgIpc) is 2.42. The third-order valence-electron chi connectivity index (χ3n) is 2.79. The van der Waals surface area contributed by atoms with Crippen molar-refractivity contribution in [1.29, 1.82) is 0 Å². The van der Waals surface area contributed by atoms with Gasteiger partial charge in [-0.25, -0.2) is 8.42 Å². The van der Waals surface area contributed by atoms with Crippen LogP contribution in [0.5, 0.6) is 0 Å². The molecule has 0 radical (unpaired) electrons. The van der Waals surface area contributed by atoms with Crippen molar-refractivity contribution in [2.75, 3.05) is 16.8 Å². The van der Waals surface area contributed by atoms with E-state index in [4.69, 9.17) is 5.73 Å². The zero-order chi connectivity index (χ0) is 13.9. The second kappa shape index (κ2) is 5.32. The first-order chi connectivity index (χ1) is 9.03. The predicted octanol–water partition coefficient (Wildman–Crippen LogP) is 2.81. The number of para-hydroxylation sites is 1. The highest BCUT2D eigenvalue weighted by molar-refractivity contribution is 7.91. The fourth-order valence-electron chi connectivity index (χ4n) is 1.72. The molecule has 0 aliphatic heterocycles. The molecule has 0 fully saturated rings. The number of nitrogens with one attached hydrogen (secondary N) is 1. The van der Waals surface area contributed by atoms with Gasteiger partial charge in [0.1, 0.15) is 0 Å². The third-order valence-corrected chi connectivity index (χ3v) is 4.58. The molecule has 0 heterocycles. The van der Waals surface area contributed by atoms with Crippen molar-refractivity contribution in [3.8, 4) is 0 Å². The summed E-state index contributed by atoms with van der Waals surface area (Å²) in [7, 11) is -3.24. The van der Waals surface area contributed by atoms with Gasteiger partial charge in [-0.2, -0.15) is 0 Å². The van der Waals surface area contributed by atoms with E-state index in [-0.39, 0.29) is 5.75 Å². The van der Waals surface area contributed by atoms with Crippen LogP contribution >= 0.6 is 0 Å². The van der Waals surface area contributed by atoms with Crippen LogP contribution in [0.25, 0.3) is 0 Å². The normalized spacial score (nSPS) is 11.2. The minimum absolute atomic E-state index is 0.0768. The van der Waals surface area contributed by atoms with Gasteiger partial charge in [0.05, 0.1) is 16.3 Å². The van der Waals surface area contributed by atoms with Gasteiger partial charge in [-0.3, -0.25) is 0 Å². The van der Waals surface area contributed by atoms with Gasteiger partial charge in [0.15, 0.2) is 9.84 Å². The molecule has 4 nitrogen and oxygen atoms in total. The quantitative estimate of drug-likeness (QED) is 0.842. The van der Waals surface area contributed by atoms with Gasteiger partial charge < -0.3 is 11.1 Å². The molecule has 0 aromatic heterocycles. The Balaban J connectivity index is 2.38. The summed E-state index contributed by atoms with van der Waals surface area (Å²) in [5, 5.41) is 3.11. The number of rotatable bonds is 4. The van der Waals surface area contributed by atoms with Gasteiger partial charge in [0.2, 0.25) is 0 Å². The molecule has 2 aromatic carbocycles. The fourth-order valence-corrected chi connectivity index (χ4v) is 2.77. The largest absolute Gasteiger partial charge is 0.399 e. The van der Waals surface area contributed by atoms with Crippen LogP contribution in [0, 0.1) is 0 Å². The Hall–Kier alpha value is -2.01. The molecule has 0 unspecified atom stereocenters. The summed E-state index contributed by atoms with van der Waals surface area (Å²) in [6.07, 6.45) is 0. The topological polar surface area (TPSA) is 72.2 Å². The smallest absolute Gasteiger partial charge is 0.180 e. The van der Waals surface area contributed by atoms with E-state index >= 15 is 0 Å². The highest BCUT2D eigenvalue weighted by Gasteiger charge is 2.15. The molecular formula is C14H16N2O2S. The first-order valence-electron chi connectivity index (χ1n) is 5.97. The summed E-state index contributed by atoms with van der Waals surface area (Å²) in [6, 6.07) is 14.0. The van der Waals surface area contributed by atoms with Crippen LogP contribution in [0.4, 0.5) is 17.1 Å². The fraction of sp³-hybridized carbons (Fsp3) is 0.143. The predicted molar refractivity (Wildman–Crippen MR) is 78.3 cm³/mol. The van der Waals surface area contributed by atoms with E-state index in [2.05, 4.69) is 5.32 Å². The van der Waals surface area contributed by atoms with Gasteiger partial charge in [-0.05, 0) is 36.4 Å². The minimum Gasteiger partial charge on any atom is -0.399 e. The number of anilines is 3. The lowest BCUT2D eigenvalue weighted by Gasteiger charge is -2.11. The Morgan fingerprint density at radius 2 is 1.68 bits per heavy atom. The molecule has 2 rings (SSSR count). The van der Waals surface area contributed by atoms with E-state index in [1.165, 1.54) is 0 Å². The number of nitrogen functional groups attached to an aromatic ring is 1. The van der Waals surface area contributed by atoms with Crippen molar-refractivity contribution in [3.05, 3.63) is 48.5 Å². The molecule has 0 atom stereocenters. The maximum atomic E-state index is 12.0. The number of nitrogens with two attached hydrogens (primary N) is 1. The molecule has 0 saturated heterocycles. The van der Waals surface area contributed by atoms with E-state index in [9.17, 15) is 8.42 Å². The maximum absolute atomic E-state index is 12.0. The summed E-state index contributed by atoms with van der Waals surface area (Å²) >= 11 is 0. The highest BCUT2D eigenvalue weighted by atomic mass is 32.2. The standard InChI is InChI=1S/C14H16N2O2S/c1-2-19(17,18)14-6-4-3-5-13(14)16-12-9-7-11(15)8-10-12/h3-10,16H,2,15H2,1H3. The molecule has 5 heteroatoms. The van der Waals surface area contributed by atoms with Crippen LogP contribution < -0.4 is 11.1 Å². The summed E-state index contributed by atoms with van der Waals surface area (Å²) < 4.78 is 24.0. The molecule has 0 saturated carbocycles. The average molecular weight is 276 g/mol. The van der Waals surface area contributed by atoms with Crippen LogP contribution in [-0.2, 0) is 9.84 Å². The van der Waals surface area contributed by atoms with E-state index < -0.39 is 9.84 Å². The van der Waals surface area contributed by atoms with Gasteiger partial charge in [0.25, 0.3) is 0 Å². The first kappa shape index (κ1) is 13.4. The Kier molecular flexibility index (Phi) is 3.76. The van der Waals surface area contributed by atoms with Crippen LogP contribution in [0.1, 0.15) is 6.92 Å². The molecule has 0 aliphatic rings. The lowest BCUT2D eigenvalue weighted by molar-refractivity contribution is 0.597. The second-order valence-electron chi connectivity index (χ2n) is 4.15. The van der Waals surface area contributed by atoms with Crippen LogP contribution in [0.2, 0.25) is 0 Å². The van der Waals surface area contributed by atoms with E-state index in [0.29, 0.717) is 16.3 Å². The lowest BCUT2D eigenvalue weighted by Crippen LogP contribution is -2.07. The van der Waals surface area contributed by atoms with Gasteiger partial charge in [-0.1, -0.05) is 19.1 Å². The Morgan fingerprint density at radius 1 is 1.05 bits per heavy atom. The SMILES string of the molecule is CCS(=O)(=O)c1ccccc1Nc1ccc(N)cc1. The molecule has 19 heavy (non-hydrogen) atoms. The van der Waals surface area contributed by atoms with Crippen molar-refractivity contribution in [2.24, 2.45) is 0 Å². The molecule has 0 spiro atoms. The molecule has 100 valence electrons. The van der Waals surface area contributed by atoms with E-state index in [1.54, 1.807) is 43.3 Å². The number of hydrogen-bond acceptors (Lipinski definition) is 4. The van der Waals surface area contributed by atoms with Crippen LogP contribution in [0.3, 0.4) is 0 Å². The van der Waals surface area contributed by atoms with E-state index in [0.717, 1.165) is 5.69 Å². The minimum atomic E-state index is -3.24. The van der Waals surface area contributed by atoms with Gasteiger partial charge in [-0.15, -0.1) is 0 Å². The van der Waals surface area contributed by atoms with Crippen LogP contribution in [-0.4, -0.2) is 14.2 Å². The van der Waals surface area contributed by atoms with Gasteiger partial charge in [0, 0.05) is 11.4 Å². The molecular weight excluding hydrogens is 260 g/mol. The molecule has 2 aromatic rings. The van der Waals surface area contributed by atoms with Crippen molar-refractivity contribution in [2.45, 2.75) is 11.8 Å². The summed E-state index contributed by atoms with van der Waals surface area (Å²) in [6.45, 7) is 1.63. The number of hydrogen-bond donors (Lipinski definition) is 2. The monoisotopic (exact) mass is 276 g/mol. The molecule has 0 aliphatic carbocycles. The highest BCUT2D eigenvalue weighted by Crippen LogP contribution is 2.25. The summed E-state index contributed by atoms with van der Waals surface area (Å²) in [5.41, 5.74) is 7.66. The first-order valence-corrected chi connectivity index (χ1v) is 7.62. The Bertz CT molecular complexity index is 664. The number of sulfone groups is 1. The van der Waals surface area contributed by atoms with Crippen molar-refractivity contribution >= 4 is 26.9 Å². The third kappa shape index (κ3) is 3.06. The van der Waals surface area contributed by atoms with Gasteiger partial charge >= 0.3 is 0 Å². The van der Waals surface area contributed by atoms with Crippen molar-refractivity contribution < 1.29 is 8.42 Å². The van der Waals surface area contributed by atoms with Crippen molar-refractivity contribution in [3.63, 3.8) is 0 Å². The number of benzene rings is 2. The molecule has 0 amide bonds. The lowest BCUT2D eigenvalue weighted by atomic mass is 10.2. The molecule has 0 bridgehead atoms. The summed E-state index contributed by atoms with van der Waals surface area (Å²) in [4.78, 5) is 0.314.